The Morgan fingerprint density at radius 2 is 2.03 bits per heavy atom. The van der Waals surface area contributed by atoms with Gasteiger partial charge in [0, 0.05) is 31.6 Å². The van der Waals surface area contributed by atoms with Crippen molar-refractivity contribution in [2.24, 2.45) is 5.92 Å². The van der Waals surface area contributed by atoms with Gasteiger partial charge in [-0.2, -0.15) is 4.31 Å². The summed E-state index contributed by atoms with van der Waals surface area (Å²) in [5.41, 5.74) is 0.715. The molecule has 0 saturated heterocycles. The third-order valence-corrected chi connectivity index (χ3v) is 9.75. The van der Waals surface area contributed by atoms with Gasteiger partial charge in [-0.25, -0.2) is 8.42 Å². The molecule has 0 spiro atoms. The van der Waals surface area contributed by atoms with Crippen molar-refractivity contribution in [3.63, 3.8) is 0 Å². The molecule has 2 amide bonds. The molecule has 0 saturated carbocycles. The van der Waals surface area contributed by atoms with Gasteiger partial charge in [-0.3, -0.25) is 9.59 Å². The van der Waals surface area contributed by atoms with Crippen LogP contribution in [0.15, 0.2) is 39.9 Å². The number of carbonyl (C=O) groups excluding carboxylic acids is 2. The molecule has 1 aromatic carbocycles. The van der Waals surface area contributed by atoms with Crippen molar-refractivity contribution in [1.29, 1.82) is 0 Å². The minimum atomic E-state index is -3.69. The Morgan fingerprint density at radius 3 is 2.66 bits per heavy atom. The lowest BCUT2D eigenvalue weighted by Gasteiger charge is -2.38. The van der Waals surface area contributed by atoms with Crippen molar-refractivity contribution in [2.75, 3.05) is 52.7 Å². The lowest BCUT2D eigenvalue weighted by Crippen LogP contribution is -2.50. The molecule has 2 aromatic rings. The van der Waals surface area contributed by atoms with E-state index in [2.05, 4.69) is 5.32 Å². The van der Waals surface area contributed by atoms with Gasteiger partial charge in [0.1, 0.15) is 16.1 Å². The summed E-state index contributed by atoms with van der Waals surface area (Å²) in [6.45, 7) is 4.54. The van der Waals surface area contributed by atoms with Crippen molar-refractivity contribution in [3.8, 4) is 5.75 Å². The minimum absolute atomic E-state index is 0.0702. The number of fused-ring (bicyclic) bond motifs is 1. The summed E-state index contributed by atoms with van der Waals surface area (Å²) in [5.74, 6) is -0.416. The first-order valence-corrected chi connectivity index (χ1v) is 14.9. The Balaban J connectivity index is 1.88. The molecule has 0 radical (unpaired) electrons. The number of likely N-dealkylation sites (N-methyl/N-ethyl adjacent to an activating group) is 1. The first-order valence-electron chi connectivity index (χ1n) is 12.6. The topological polar surface area (TPSA) is 119 Å². The van der Waals surface area contributed by atoms with E-state index in [9.17, 15) is 23.1 Å². The number of sulfonamides is 1. The lowest BCUT2D eigenvalue weighted by atomic mass is 9.99. The quantitative estimate of drug-likeness (QED) is 0.429. The van der Waals surface area contributed by atoms with Gasteiger partial charge in [0.2, 0.25) is 5.91 Å². The highest BCUT2D eigenvalue weighted by Gasteiger charge is 2.35. The van der Waals surface area contributed by atoms with Crippen LogP contribution in [0.25, 0.3) is 0 Å². The normalized spacial score (nSPS) is 19.1. The monoisotopic (exact) mass is 566 g/mol. The molecule has 1 aliphatic heterocycles. The SMILES string of the molecule is C[C@H](CO)N1C[C@H](C)[C@@H](CN(C)S(=O)(=O)c2cccs2)Oc2ccc(NC(=O)CCCN(C)C)cc2C1=O. The summed E-state index contributed by atoms with van der Waals surface area (Å²) < 4.78 is 33.9. The zero-order valence-corrected chi connectivity index (χ0v) is 24.2. The van der Waals surface area contributed by atoms with Crippen LogP contribution in [0.2, 0.25) is 0 Å². The maximum Gasteiger partial charge on any atom is 0.258 e. The maximum absolute atomic E-state index is 13.6. The summed E-state index contributed by atoms with van der Waals surface area (Å²) in [6.07, 6.45) is 0.481. The number of rotatable bonds is 11. The van der Waals surface area contributed by atoms with Crippen LogP contribution in [-0.2, 0) is 14.8 Å². The van der Waals surface area contributed by atoms with Crippen LogP contribution in [0.5, 0.6) is 5.75 Å². The van der Waals surface area contributed by atoms with Gasteiger partial charge in [-0.1, -0.05) is 13.0 Å². The van der Waals surface area contributed by atoms with Gasteiger partial charge < -0.3 is 25.0 Å². The zero-order valence-electron chi connectivity index (χ0n) is 22.6. The molecule has 10 nitrogen and oxygen atoms in total. The van der Waals surface area contributed by atoms with E-state index in [-0.39, 0.29) is 47.2 Å². The number of hydrogen-bond acceptors (Lipinski definition) is 8. The van der Waals surface area contributed by atoms with Gasteiger partial charge in [-0.05, 0) is 63.6 Å². The molecule has 12 heteroatoms. The number of aliphatic hydroxyl groups excluding tert-OH is 1. The van der Waals surface area contributed by atoms with Crippen LogP contribution < -0.4 is 10.1 Å². The standard InChI is InChI=1S/C26H38N4O6S2/c1-18-15-30(19(2)17-31)26(33)21-14-20(27-24(32)8-6-12-28(3)4)10-11-22(21)36-23(18)16-29(5)38(34,35)25-9-7-13-37-25/h7,9-11,13-14,18-19,23,31H,6,8,12,15-17H2,1-5H3,(H,27,32)/t18-,19+,23+/m0/s1. The van der Waals surface area contributed by atoms with Crippen molar-refractivity contribution in [2.45, 2.75) is 43.0 Å². The highest BCUT2D eigenvalue weighted by atomic mass is 32.2. The predicted octanol–water partition coefficient (Wildman–Crippen LogP) is 2.57. The summed E-state index contributed by atoms with van der Waals surface area (Å²) >= 11 is 1.15. The van der Waals surface area contributed by atoms with E-state index >= 15 is 0 Å². The average Bonchev–Trinajstić information content (AvgIpc) is 3.42. The molecule has 0 bridgehead atoms. The second kappa shape index (κ2) is 13.0. The largest absolute Gasteiger partial charge is 0.488 e. The molecule has 38 heavy (non-hydrogen) atoms. The first kappa shape index (κ1) is 30.0. The summed E-state index contributed by atoms with van der Waals surface area (Å²) in [5, 5.41) is 14.4. The van der Waals surface area contributed by atoms with E-state index in [0.717, 1.165) is 17.9 Å². The molecule has 1 aliphatic rings. The molecule has 210 valence electrons. The second-order valence-electron chi connectivity index (χ2n) is 10.0. The van der Waals surface area contributed by atoms with Crippen LogP contribution >= 0.6 is 11.3 Å². The number of amides is 2. The van der Waals surface area contributed by atoms with Gasteiger partial charge in [0.15, 0.2) is 0 Å². The van der Waals surface area contributed by atoms with Crippen molar-refractivity contribution in [3.05, 3.63) is 41.3 Å². The molecule has 2 N–H and O–H groups in total. The predicted molar refractivity (Wildman–Crippen MR) is 148 cm³/mol. The number of carbonyl (C=O) groups is 2. The highest BCUT2D eigenvalue weighted by Crippen LogP contribution is 2.31. The number of anilines is 1. The minimum Gasteiger partial charge on any atom is -0.488 e. The number of ether oxygens (including phenoxy) is 1. The van der Waals surface area contributed by atoms with Crippen LogP contribution in [0.3, 0.4) is 0 Å². The van der Waals surface area contributed by atoms with E-state index in [1.807, 2.05) is 25.9 Å². The van der Waals surface area contributed by atoms with Gasteiger partial charge in [0.05, 0.1) is 24.8 Å². The Labute approximate surface area is 229 Å². The van der Waals surface area contributed by atoms with Crippen LogP contribution in [0.1, 0.15) is 37.0 Å². The number of nitrogens with one attached hydrogen (secondary N) is 1. The Hall–Kier alpha value is -2.51. The van der Waals surface area contributed by atoms with E-state index in [1.54, 1.807) is 47.5 Å². The number of aliphatic hydroxyl groups is 1. The molecule has 0 unspecified atom stereocenters. The number of nitrogens with zero attached hydrogens (tertiary/aromatic N) is 3. The number of hydrogen-bond donors (Lipinski definition) is 2. The maximum atomic E-state index is 13.6. The van der Waals surface area contributed by atoms with E-state index in [1.165, 1.54) is 11.4 Å². The van der Waals surface area contributed by atoms with Gasteiger partial charge in [-0.15, -0.1) is 11.3 Å². The highest BCUT2D eigenvalue weighted by molar-refractivity contribution is 7.91. The Kier molecular flexibility index (Phi) is 10.3. The summed E-state index contributed by atoms with van der Waals surface area (Å²) in [6, 6.07) is 7.67. The van der Waals surface area contributed by atoms with Gasteiger partial charge >= 0.3 is 0 Å². The third kappa shape index (κ3) is 7.32. The Bertz CT molecular complexity index is 1200. The van der Waals surface area contributed by atoms with E-state index < -0.39 is 22.2 Å². The molecular weight excluding hydrogens is 528 g/mol. The number of benzene rings is 1. The molecule has 0 fully saturated rings. The zero-order chi connectivity index (χ0) is 28.0. The second-order valence-corrected chi connectivity index (χ2v) is 13.2. The van der Waals surface area contributed by atoms with Crippen molar-refractivity contribution < 1.29 is 27.9 Å². The first-order chi connectivity index (χ1) is 17.9. The lowest BCUT2D eigenvalue weighted by molar-refractivity contribution is -0.116. The van der Waals surface area contributed by atoms with E-state index in [4.69, 9.17) is 4.74 Å². The van der Waals surface area contributed by atoms with Crippen LogP contribution in [-0.4, -0.2) is 99.0 Å². The van der Waals surface area contributed by atoms with Crippen LogP contribution in [0.4, 0.5) is 5.69 Å². The number of thiophene rings is 1. The fraction of sp³-hybridized carbons (Fsp3) is 0.538. The molecule has 1 aromatic heterocycles. The molecule has 0 aliphatic carbocycles. The smallest absolute Gasteiger partial charge is 0.258 e. The molecule has 3 atom stereocenters. The van der Waals surface area contributed by atoms with Crippen molar-refractivity contribution in [1.82, 2.24) is 14.1 Å². The summed E-state index contributed by atoms with van der Waals surface area (Å²) in [7, 11) is 1.71. The van der Waals surface area contributed by atoms with Crippen molar-refractivity contribution >= 4 is 38.9 Å². The average molecular weight is 567 g/mol. The molecular formula is C26H38N4O6S2. The molecule has 2 heterocycles. The Morgan fingerprint density at radius 1 is 1.29 bits per heavy atom. The molecule has 3 rings (SSSR count). The van der Waals surface area contributed by atoms with E-state index in [0.29, 0.717) is 24.3 Å². The summed E-state index contributed by atoms with van der Waals surface area (Å²) in [4.78, 5) is 29.6. The fourth-order valence-corrected chi connectivity index (χ4v) is 6.60. The van der Waals surface area contributed by atoms with Gasteiger partial charge in [0.25, 0.3) is 15.9 Å². The third-order valence-electron chi connectivity index (χ3n) is 6.55. The fourth-order valence-electron chi connectivity index (χ4n) is 4.21. The van der Waals surface area contributed by atoms with Crippen LogP contribution in [0, 0.1) is 5.92 Å².